The molecular formula is C19H17N5O2S. The predicted molar refractivity (Wildman–Crippen MR) is 105 cm³/mol. The van der Waals surface area contributed by atoms with Crippen molar-refractivity contribution in [2.24, 2.45) is 0 Å². The summed E-state index contributed by atoms with van der Waals surface area (Å²) in [6.07, 6.45) is 0. The molecule has 2 aromatic heterocycles. The zero-order valence-corrected chi connectivity index (χ0v) is 15.4. The summed E-state index contributed by atoms with van der Waals surface area (Å²) in [5.41, 5.74) is 8.26. The number of imidazole rings is 1. The Balaban J connectivity index is 1.81. The second kappa shape index (κ2) is 5.43. The molecule has 1 unspecified atom stereocenters. The van der Waals surface area contributed by atoms with Crippen molar-refractivity contribution in [2.45, 2.75) is 17.9 Å². The lowest BCUT2D eigenvalue weighted by Gasteiger charge is -2.16. The van der Waals surface area contributed by atoms with Gasteiger partial charge in [0.2, 0.25) is 5.95 Å². The number of fused-ring (bicyclic) bond motifs is 5. The number of benzene rings is 2. The van der Waals surface area contributed by atoms with E-state index in [0.29, 0.717) is 23.8 Å². The van der Waals surface area contributed by atoms with Crippen molar-refractivity contribution in [3.8, 4) is 0 Å². The smallest absolute Gasteiger partial charge is 0.266 e. The van der Waals surface area contributed by atoms with Crippen molar-refractivity contribution in [3.05, 3.63) is 54.6 Å². The largest absolute Gasteiger partial charge is 0.382 e. The zero-order valence-electron chi connectivity index (χ0n) is 14.6. The quantitative estimate of drug-likeness (QED) is 0.578. The third-order valence-electron chi connectivity index (χ3n) is 4.96. The maximum atomic E-state index is 13.2. The third-order valence-corrected chi connectivity index (χ3v) is 6.72. The number of aromatic nitrogens is 3. The van der Waals surface area contributed by atoms with E-state index in [1.165, 1.54) is 4.31 Å². The molecule has 136 valence electrons. The van der Waals surface area contributed by atoms with Crippen LogP contribution < -0.4 is 10.0 Å². The summed E-state index contributed by atoms with van der Waals surface area (Å²) in [6.45, 7) is 2.31. The van der Waals surface area contributed by atoms with Crippen LogP contribution in [-0.4, -0.2) is 29.5 Å². The summed E-state index contributed by atoms with van der Waals surface area (Å²) in [5.74, 6) is 0.682. The fourth-order valence-corrected chi connectivity index (χ4v) is 5.24. The van der Waals surface area contributed by atoms with Crippen LogP contribution in [0.1, 0.15) is 13.0 Å². The van der Waals surface area contributed by atoms with E-state index in [2.05, 4.69) is 9.97 Å². The number of nitrogens with zero attached hydrogens (tertiary/aromatic N) is 4. The van der Waals surface area contributed by atoms with Gasteiger partial charge in [0.05, 0.1) is 28.5 Å². The molecule has 1 aliphatic rings. The monoisotopic (exact) mass is 379 g/mol. The summed E-state index contributed by atoms with van der Waals surface area (Å²) in [6, 6.07) is 16.0. The minimum absolute atomic E-state index is 0.0753. The summed E-state index contributed by atoms with van der Waals surface area (Å²) >= 11 is 0. The summed E-state index contributed by atoms with van der Waals surface area (Å²) in [4.78, 5) is 9.25. The molecule has 0 amide bonds. The summed E-state index contributed by atoms with van der Waals surface area (Å²) in [5, 5.41) is 0.909. The SMILES string of the molecule is CC1CN(S(=O)(=O)c2ccccc2)c2nc3c(N)nc4ccccc4c3n21. The highest BCUT2D eigenvalue weighted by molar-refractivity contribution is 7.92. The highest BCUT2D eigenvalue weighted by Crippen LogP contribution is 2.40. The topological polar surface area (TPSA) is 94.1 Å². The number of hydrogen-bond donors (Lipinski definition) is 1. The summed E-state index contributed by atoms with van der Waals surface area (Å²) in [7, 11) is -3.71. The van der Waals surface area contributed by atoms with Gasteiger partial charge in [-0.2, -0.15) is 0 Å². The van der Waals surface area contributed by atoms with Crippen molar-refractivity contribution in [2.75, 3.05) is 16.6 Å². The van der Waals surface area contributed by atoms with Crippen LogP contribution >= 0.6 is 0 Å². The molecule has 5 rings (SSSR count). The lowest BCUT2D eigenvalue weighted by molar-refractivity contribution is 0.586. The number of rotatable bonds is 2. The molecule has 0 fully saturated rings. The highest BCUT2D eigenvalue weighted by atomic mass is 32.2. The standard InChI is InChI=1S/C19H17N5O2S/c1-12-11-23(27(25,26)13-7-3-2-4-8-13)19-22-16-17(24(12)19)14-9-5-6-10-15(14)21-18(16)20/h2-10,12H,11H2,1H3,(H2,20,21). The van der Waals surface area contributed by atoms with Crippen LogP contribution in [0.3, 0.4) is 0 Å². The fraction of sp³-hybridized carbons (Fsp3) is 0.158. The first-order valence-corrected chi connectivity index (χ1v) is 10.1. The Bertz CT molecular complexity index is 1300. The summed E-state index contributed by atoms with van der Waals surface area (Å²) < 4.78 is 29.7. The molecule has 0 saturated heterocycles. The van der Waals surface area contributed by atoms with Gasteiger partial charge in [0, 0.05) is 5.39 Å². The highest BCUT2D eigenvalue weighted by Gasteiger charge is 2.38. The molecule has 3 heterocycles. The number of nitrogen functional groups attached to an aromatic ring is 1. The van der Waals surface area contributed by atoms with Crippen LogP contribution in [0.25, 0.3) is 21.9 Å². The van der Waals surface area contributed by atoms with Crippen molar-refractivity contribution in [1.82, 2.24) is 14.5 Å². The number of sulfonamides is 1. The molecule has 1 atom stereocenters. The van der Waals surface area contributed by atoms with E-state index in [-0.39, 0.29) is 10.9 Å². The first-order chi connectivity index (χ1) is 13.0. The van der Waals surface area contributed by atoms with E-state index in [4.69, 9.17) is 5.73 Å². The van der Waals surface area contributed by atoms with E-state index in [1.807, 2.05) is 35.8 Å². The van der Waals surface area contributed by atoms with Crippen LogP contribution in [0, 0.1) is 0 Å². The van der Waals surface area contributed by atoms with Crippen LogP contribution in [0.4, 0.5) is 11.8 Å². The molecule has 7 nitrogen and oxygen atoms in total. The molecule has 1 aliphatic heterocycles. The Kier molecular flexibility index (Phi) is 3.23. The van der Waals surface area contributed by atoms with Crippen LogP contribution in [-0.2, 0) is 10.0 Å². The van der Waals surface area contributed by atoms with E-state index in [0.717, 1.165) is 16.4 Å². The molecule has 0 bridgehead atoms. The van der Waals surface area contributed by atoms with Crippen molar-refractivity contribution in [3.63, 3.8) is 0 Å². The van der Waals surface area contributed by atoms with Gasteiger partial charge in [-0.1, -0.05) is 36.4 Å². The van der Waals surface area contributed by atoms with E-state index in [9.17, 15) is 8.42 Å². The van der Waals surface area contributed by atoms with E-state index in [1.54, 1.807) is 30.3 Å². The van der Waals surface area contributed by atoms with Gasteiger partial charge in [-0.3, -0.25) is 0 Å². The van der Waals surface area contributed by atoms with Crippen LogP contribution in [0.5, 0.6) is 0 Å². The first kappa shape index (κ1) is 16.1. The normalized spacial score (nSPS) is 16.9. The molecule has 0 radical (unpaired) electrons. The minimum Gasteiger partial charge on any atom is -0.382 e. The fourth-order valence-electron chi connectivity index (χ4n) is 3.73. The van der Waals surface area contributed by atoms with Gasteiger partial charge >= 0.3 is 0 Å². The molecule has 8 heteroatoms. The van der Waals surface area contributed by atoms with Gasteiger partial charge in [-0.25, -0.2) is 22.7 Å². The maximum Gasteiger partial charge on any atom is 0.266 e. The zero-order chi connectivity index (χ0) is 18.8. The van der Waals surface area contributed by atoms with Crippen LogP contribution in [0.2, 0.25) is 0 Å². The number of anilines is 2. The number of nitrogens with two attached hydrogens (primary N) is 1. The molecule has 2 N–H and O–H groups in total. The Morgan fingerprint density at radius 3 is 2.52 bits per heavy atom. The number of hydrogen-bond acceptors (Lipinski definition) is 5. The average molecular weight is 379 g/mol. The molecule has 27 heavy (non-hydrogen) atoms. The second-order valence-corrected chi connectivity index (χ2v) is 8.55. The van der Waals surface area contributed by atoms with Crippen molar-refractivity contribution < 1.29 is 8.42 Å². The lowest BCUT2D eigenvalue weighted by Crippen LogP contribution is -2.30. The Hall–Kier alpha value is -3.13. The molecule has 0 spiro atoms. The van der Waals surface area contributed by atoms with Gasteiger partial charge in [0.25, 0.3) is 10.0 Å². The Labute approximate surface area is 156 Å². The van der Waals surface area contributed by atoms with Crippen LogP contribution in [0.15, 0.2) is 59.5 Å². The lowest BCUT2D eigenvalue weighted by atomic mass is 10.2. The second-order valence-electron chi connectivity index (χ2n) is 6.69. The molecular weight excluding hydrogens is 362 g/mol. The van der Waals surface area contributed by atoms with Gasteiger partial charge in [0.1, 0.15) is 5.52 Å². The average Bonchev–Trinajstić information content (AvgIpc) is 3.22. The predicted octanol–water partition coefficient (Wildman–Crippen LogP) is 2.94. The van der Waals surface area contributed by atoms with Gasteiger partial charge < -0.3 is 10.3 Å². The van der Waals surface area contributed by atoms with Gasteiger partial charge in [-0.05, 0) is 25.1 Å². The van der Waals surface area contributed by atoms with E-state index < -0.39 is 10.0 Å². The molecule has 0 saturated carbocycles. The van der Waals surface area contributed by atoms with Crippen molar-refractivity contribution in [1.29, 1.82) is 0 Å². The number of pyridine rings is 1. The molecule has 0 aliphatic carbocycles. The van der Waals surface area contributed by atoms with Gasteiger partial charge in [0.15, 0.2) is 5.82 Å². The third kappa shape index (κ3) is 2.16. The maximum absolute atomic E-state index is 13.2. The number of para-hydroxylation sites is 1. The van der Waals surface area contributed by atoms with E-state index >= 15 is 0 Å². The molecule has 4 aromatic rings. The first-order valence-electron chi connectivity index (χ1n) is 8.62. The minimum atomic E-state index is -3.71. The van der Waals surface area contributed by atoms with Crippen molar-refractivity contribution >= 4 is 43.7 Å². The van der Waals surface area contributed by atoms with Gasteiger partial charge in [-0.15, -0.1) is 0 Å². The Morgan fingerprint density at radius 1 is 1.04 bits per heavy atom. The Morgan fingerprint density at radius 2 is 1.74 bits per heavy atom. The molecule has 2 aromatic carbocycles.